The van der Waals surface area contributed by atoms with Crippen LogP contribution in [0.25, 0.3) is 10.8 Å². The Morgan fingerprint density at radius 3 is 2.69 bits per heavy atom. The van der Waals surface area contributed by atoms with Crippen molar-refractivity contribution in [3.05, 3.63) is 66.0 Å². The lowest BCUT2D eigenvalue weighted by Crippen LogP contribution is -2.33. The van der Waals surface area contributed by atoms with E-state index in [-0.39, 0.29) is 29.8 Å². The number of fused-ring (bicyclic) bond motifs is 1. The SMILES string of the molecule is COc1ccnc(C(=O)NCC(=O)OC(C)Cc2cccc3ccccc23)c1O. The summed E-state index contributed by atoms with van der Waals surface area (Å²) in [6.07, 6.45) is 1.52. The minimum Gasteiger partial charge on any atom is -0.503 e. The summed E-state index contributed by atoms with van der Waals surface area (Å²) < 4.78 is 10.3. The van der Waals surface area contributed by atoms with Crippen molar-refractivity contribution < 1.29 is 24.2 Å². The monoisotopic (exact) mass is 394 g/mol. The van der Waals surface area contributed by atoms with Crippen molar-refractivity contribution >= 4 is 22.6 Å². The number of hydrogen-bond donors (Lipinski definition) is 2. The van der Waals surface area contributed by atoms with Crippen LogP contribution in [0.5, 0.6) is 11.5 Å². The number of methoxy groups -OCH3 is 1. The normalized spacial score (nSPS) is 11.7. The number of carbonyl (C=O) groups is 2. The van der Waals surface area contributed by atoms with Crippen molar-refractivity contribution in [2.24, 2.45) is 0 Å². The second-order valence-electron chi connectivity index (χ2n) is 6.54. The molecule has 1 aromatic heterocycles. The van der Waals surface area contributed by atoms with Gasteiger partial charge in [0.15, 0.2) is 17.2 Å². The highest BCUT2D eigenvalue weighted by Crippen LogP contribution is 2.27. The fourth-order valence-corrected chi connectivity index (χ4v) is 3.09. The summed E-state index contributed by atoms with van der Waals surface area (Å²) in [5.41, 5.74) is 0.860. The minimum absolute atomic E-state index is 0.122. The third-order valence-corrected chi connectivity index (χ3v) is 4.44. The first kappa shape index (κ1) is 20.1. The number of hydrogen-bond acceptors (Lipinski definition) is 6. The quantitative estimate of drug-likeness (QED) is 0.598. The molecule has 29 heavy (non-hydrogen) atoms. The van der Waals surface area contributed by atoms with Gasteiger partial charge < -0.3 is 19.9 Å². The Balaban J connectivity index is 1.56. The first-order valence-electron chi connectivity index (χ1n) is 9.16. The van der Waals surface area contributed by atoms with Gasteiger partial charge in [0.05, 0.1) is 7.11 Å². The highest BCUT2D eigenvalue weighted by molar-refractivity contribution is 5.97. The Morgan fingerprint density at radius 2 is 1.90 bits per heavy atom. The van der Waals surface area contributed by atoms with Gasteiger partial charge in [0.25, 0.3) is 5.91 Å². The number of pyridine rings is 1. The molecule has 0 saturated carbocycles. The van der Waals surface area contributed by atoms with E-state index in [1.165, 1.54) is 19.4 Å². The van der Waals surface area contributed by atoms with Crippen LogP contribution in [0.1, 0.15) is 23.0 Å². The fraction of sp³-hybridized carbons (Fsp3) is 0.227. The molecule has 1 heterocycles. The summed E-state index contributed by atoms with van der Waals surface area (Å²) in [4.78, 5) is 28.1. The van der Waals surface area contributed by atoms with E-state index in [4.69, 9.17) is 9.47 Å². The molecule has 0 aliphatic heterocycles. The van der Waals surface area contributed by atoms with Crippen molar-refractivity contribution in [2.75, 3.05) is 13.7 Å². The Kier molecular flexibility index (Phi) is 6.29. The molecule has 0 fully saturated rings. The topological polar surface area (TPSA) is 97.8 Å². The number of rotatable bonds is 7. The van der Waals surface area contributed by atoms with Crippen LogP contribution in [0.15, 0.2) is 54.7 Å². The van der Waals surface area contributed by atoms with Gasteiger partial charge in [-0.1, -0.05) is 42.5 Å². The van der Waals surface area contributed by atoms with Gasteiger partial charge in [0.1, 0.15) is 12.6 Å². The number of amides is 1. The molecule has 3 aromatic rings. The molecule has 2 N–H and O–H groups in total. The predicted octanol–water partition coefficient (Wildman–Crippen LogP) is 2.85. The molecule has 0 bridgehead atoms. The molecule has 1 amide bonds. The van der Waals surface area contributed by atoms with Crippen LogP contribution in [-0.2, 0) is 16.0 Å². The third kappa shape index (κ3) is 4.82. The minimum atomic E-state index is -0.694. The molecule has 0 saturated heterocycles. The van der Waals surface area contributed by atoms with Gasteiger partial charge in [-0.05, 0) is 23.3 Å². The lowest BCUT2D eigenvalue weighted by molar-refractivity contribution is -0.146. The molecule has 1 unspecified atom stereocenters. The smallest absolute Gasteiger partial charge is 0.325 e. The average molecular weight is 394 g/mol. The maximum atomic E-state index is 12.2. The average Bonchev–Trinajstić information content (AvgIpc) is 2.72. The van der Waals surface area contributed by atoms with Crippen molar-refractivity contribution in [3.63, 3.8) is 0 Å². The van der Waals surface area contributed by atoms with E-state index in [0.717, 1.165) is 16.3 Å². The second-order valence-corrected chi connectivity index (χ2v) is 6.54. The fourth-order valence-electron chi connectivity index (χ4n) is 3.09. The van der Waals surface area contributed by atoms with E-state index >= 15 is 0 Å². The summed E-state index contributed by atoms with van der Waals surface area (Å²) in [7, 11) is 1.37. The van der Waals surface area contributed by atoms with Gasteiger partial charge in [0, 0.05) is 18.7 Å². The van der Waals surface area contributed by atoms with Crippen LogP contribution in [0.4, 0.5) is 0 Å². The van der Waals surface area contributed by atoms with E-state index in [2.05, 4.69) is 10.3 Å². The maximum absolute atomic E-state index is 12.2. The lowest BCUT2D eigenvalue weighted by atomic mass is 10.0. The molecule has 0 aliphatic carbocycles. The lowest BCUT2D eigenvalue weighted by Gasteiger charge is -2.15. The van der Waals surface area contributed by atoms with E-state index in [1.54, 1.807) is 6.92 Å². The molecule has 3 rings (SSSR count). The van der Waals surface area contributed by atoms with Gasteiger partial charge in [-0.25, -0.2) is 4.98 Å². The van der Waals surface area contributed by atoms with Crippen LogP contribution in [0.2, 0.25) is 0 Å². The van der Waals surface area contributed by atoms with Crippen molar-refractivity contribution in [1.82, 2.24) is 10.3 Å². The zero-order chi connectivity index (χ0) is 20.8. The second kappa shape index (κ2) is 9.05. The summed E-state index contributed by atoms with van der Waals surface area (Å²) in [5.74, 6) is -1.53. The zero-order valence-corrected chi connectivity index (χ0v) is 16.2. The number of nitrogens with one attached hydrogen (secondary N) is 1. The van der Waals surface area contributed by atoms with Crippen molar-refractivity contribution in [3.8, 4) is 11.5 Å². The molecule has 150 valence electrons. The molecule has 2 aromatic carbocycles. The number of benzene rings is 2. The summed E-state index contributed by atoms with van der Waals surface area (Å²) in [6, 6.07) is 15.5. The molecule has 7 nitrogen and oxygen atoms in total. The highest BCUT2D eigenvalue weighted by atomic mass is 16.5. The molecule has 0 aliphatic rings. The summed E-state index contributed by atoms with van der Waals surface area (Å²) >= 11 is 0. The van der Waals surface area contributed by atoms with Gasteiger partial charge in [0.2, 0.25) is 0 Å². The first-order chi connectivity index (χ1) is 14.0. The van der Waals surface area contributed by atoms with E-state index in [0.29, 0.717) is 6.42 Å². The Labute approximate surface area is 168 Å². The van der Waals surface area contributed by atoms with Crippen LogP contribution < -0.4 is 10.1 Å². The number of aromatic nitrogens is 1. The zero-order valence-electron chi connectivity index (χ0n) is 16.2. The first-order valence-corrected chi connectivity index (χ1v) is 9.16. The molecule has 1 atom stereocenters. The van der Waals surface area contributed by atoms with Crippen LogP contribution in [0.3, 0.4) is 0 Å². The predicted molar refractivity (Wildman–Crippen MR) is 108 cm³/mol. The van der Waals surface area contributed by atoms with Crippen molar-refractivity contribution in [2.45, 2.75) is 19.4 Å². The molecule has 0 spiro atoms. The Morgan fingerprint density at radius 1 is 1.14 bits per heavy atom. The maximum Gasteiger partial charge on any atom is 0.325 e. The highest BCUT2D eigenvalue weighted by Gasteiger charge is 2.18. The Hall–Kier alpha value is -3.61. The number of aromatic hydroxyl groups is 1. The number of esters is 1. The standard InChI is InChI=1S/C22H22N2O5/c1-14(12-16-8-5-7-15-6-3-4-9-17(15)16)29-19(25)13-24-22(27)20-21(26)18(28-2)10-11-23-20/h3-11,14,26H,12-13H2,1-2H3,(H,24,27). The van der Waals surface area contributed by atoms with E-state index in [9.17, 15) is 14.7 Å². The number of ether oxygens (including phenoxy) is 2. The van der Waals surface area contributed by atoms with E-state index < -0.39 is 11.9 Å². The van der Waals surface area contributed by atoms with Crippen LogP contribution >= 0.6 is 0 Å². The summed E-state index contributed by atoms with van der Waals surface area (Å²) in [5, 5.41) is 14.6. The van der Waals surface area contributed by atoms with Crippen LogP contribution in [0, 0.1) is 0 Å². The molecule has 7 heteroatoms. The largest absolute Gasteiger partial charge is 0.503 e. The number of nitrogens with zero attached hydrogens (tertiary/aromatic N) is 1. The molecular weight excluding hydrogens is 372 g/mol. The van der Waals surface area contributed by atoms with Gasteiger partial charge in [-0.15, -0.1) is 0 Å². The summed E-state index contributed by atoms with van der Waals surface area (Å²) in [6.45, 7) is 1.47. The van der Waals surface area contributed by atoms with Gasteiger partial charge >= 0.3 is 5.97 Å². The molecular formula is C22H22N2O5. The number of carbonyl (C=O) groups excluding carboxylic acids is 2. The van der Waals surface area contributed by atoms with E-state index in [1.807, 2.05) is 42.5 Å². The third-order valence-electron chi connectivity index (χ3n) is 4.44. The van der Waals surface area contributed by atoms with Gasteiger partial charge in [-0.3, -0.25) is 9.59 Å². The van der Waals surface area contributed by atoms with Crippen molar-refractivity contribution in [1.29, 1.82) is 0 Å². The van der Waals surface area contributed by atoms with Crippen LogP contribution in [-0.4, -0.2) is 41.7 Å². The molecule has 0 radical (unpaired) electrons. The van der Waals surface area contributed by atoms with Gasteiger partial charge in [-0.2, -0.15) is 0 Å². The Bertz CT molecular complexity index is 1030.